The predicted octanol–water partition coefficient (Wildman–Crippen LogP) is 1.93. The maximum absolute atomic E-state index is 4.18. The second-order valence-corrected chi connectivity index (χ2v) is 3.85. The Morgan fingerprint density at radius 2 is 1.93 bits per heavy atom. The van der Waals surface area contributed by atoms with Gasteiger partial charge in [-0.3, -0.25) is 0 Å². The highest BCUT2D eigenvalue weighted by atomic mass is 15.3. The summed E-state index contributed by atoms with van der Waals surface area (Å²) < 4.78 is 1.86. The molecule has 1 aromatic carbocycles. The molecule has 0 aliphatic rings. The number of rotatable bonds is 3. The van der Waals surface area contributed by atoms with E-state index in [9.17, 15) is 0 Å². The third-order valence-electron chi connectivity index (χ3n) is 2.20. The first-order chi connectivity index (χ1) is 7.25. The highest BCUT2D eigenvalue weighted by Crippen LogP contribution is 2.09. The van der Waals surface area contributed by atoms with Crippen LogP contribution in [0.3, 0.4) is 0 Å². The topological polar surface area (TPSA) is 21.1 Å². The summed E-state index contributed by atoms with van der Waals surface area (Å²) in [5.74, 6) is 0. The van der Waals surface area contributed by atoms with Gasteiger partial charge in [0.05, 0.1) is 5.69 Å². The van der Waals surface area contributed by atoms with Crippen LogP contribution in [0.15, 0.2) is 42.7 Å². The maximum Gasteiger partial charge on any atom is 0.0645 e. The normalized spacial score (nSPS) is 10.9. The Hall–Kier alpha value is -1.61. The number of hydrogen-bond acceptors (Lipinski definition) is 2. The fourth-order valence-corrected chi connectivity index (χ4v) is 1.54. The molecule has 0 unspecified atom stereocenters. The SMILES string of the molecule is CN(C)Cc1ccc(-n2cccn2)cc1. The number of benzene rings is 1. The van der Waals surface area contributed by atoms with Crippen LogP contribution >= 0.6 is 0 Å². The van der Waals surface area contributed by atoms with Crippen molar-refractivity contribution in [1.82, 2.24) is 14.7 Å². The van der Waals surface area contributed by atoms with Crippen LogP contribution in [0, 0.1) is 0 Å². The van der Waals surface area contributed by atoms with Crippen molar-refractivity contribution < 1.29 is 0 Å². The van der Waals surface area contributed by atoms with Gasteiger partial charge in [-0.2, -0.15) is 5.10 Å². The van der Waals surface area contributed by atoms with Gasteiger partial charge in [0.25, 0.3) is 0 Å². The van der Waals surface area contributed by atoms with Crippen molar-refractivity contribution in [3.05, 3.63) is 48.3 Å². The average Bonchev–Trinajstić information content (AvgIpc) is 2.71. The molecular formula is C12H15N3. The molecule has 0 N–H and O–H groups in total. The van der Waals surface area contributed by atoms with Crippen LogP contribution in [0.25, 0.3) is 5.69 Å². The van der Waals surface area contributed by atoms with Crippen molar-refractivity contribution in [3.63, 3.8) is 0 Å². The van der Waals surface area contributed by atoms with E-state index in [2.05, 4.69) is 48.4 Å². The summed E-state index contributed by atoms with van der Waals surface area (Å²) in [6.07, 6.45) is 3.73. The Morgan fingerprint density at radius 3 is 2.47 bits per heavy atom. The molecule has 0 amide bonds. The molecule has 2 aromatic rings. The van der Waals surface area contributed by atoms with E-state index in [1.165, 1.54) is 5.56 Å². The van der Waals surface area contributed by atoms with E-state index < -0.39 is 0 Å². The first-order valence-corrected chi connectivity index (χ1v) is 4.99. The summed E-state index contributed by atoms with van der Waals surface area (Å²) in [4.78, 5) is 2.16. The van der Waals surface area contributed by atoms with Crippen molar-refractivity contribution in [2.24, 2.45) is 0 Å². The highest BCUT2D eigenvalue weighted by molar-refractivity contribution is 5.33. The molecule has 3 heteroatoms. The fraction of sp³-hybridized carbons (Fsp3) is 0.250. The second-order valence-electron chi connectivity index (χ2n) is 3.85. The first kappa shape index (κ1) is 9.93. The minimum Gasteiger partial charge on any atom is -0.305 e. The summed E-state index contributed by atoms with van der Waals surface area (Å²) in [5.41, 5.74) is 2.42. The minimum absolute atomic E-state index is 0.972. The molecule has 0 spiro atoms. The number of nitrogens with zero attached hydrogens (tertiary/aromatic N) is 3. The maximum atomic E-state index is 4.18. The van der Waals surface area contributed by atoms with E-state index >= 15 is 0 Å². The van der Waals surface area contributed by atoms with Gasteiger partial charge in [-0.25, -0.2) is 4.68 Å². The minimum atomic E-state index is 0.972. The largest absolute Gasteiger partial charge is 0.305 e. The van der Waals surface area contributed by atoms with E-state index in [4.69, 9.17) is 0 Å². The molecule has 15 heavy (non-hydrogen) atoms. The van der Waals surface area contributed by atoms with Crippen molar-refractivity contribution in [2.45, 2.75) is 6.54 Å². The van der Waals surface area contributed by atoms with Crippen molar-refractivity contribution in [3.8, 4) is 5.69 Å². The summed E-state index contributed by atoms with van der Waals surface area (Å²) in [6, 6.07) is 10.4. The van der Waals surface area contributed by atoms with Crippen LogP contribution in [0.2, 0.25) is 0 Å². The summed E-state index contributed by atoms with van der Waals surface area (Å²) in [7, 11) is 4.14. The lowest BCUT2D eigenvalue weighted by atomic mass is 10.2. The number of hydrogen-bond donors (Lipinski definition) is 0. The smallest absolute Gasteiger partial charge is 0.0645 e. The van der Waals surface area contributed by atoms with Gasteiger partial charge in [-0.1, -0.05) is 12.1 Å². The van der Waals surface area contributed by atoms with E-state index in [0.29, 0.717) is 0 Å². The zero-order chi connectivity index (χ0) is 10.7. The van der Waals surface area contributed by atoms with Gasteiger partial charge in [0, 0.05) is 18.9 Å². The van der Waals surface area contributed by atoms with Crippen molar-refractivity contribution in [1.29, 1.82) is 0 Å². The van der Waals surface area contributed by atoms with Gasteiger partial charge < -0.3 is 4.90 Å². The molecule has 0 radical (unpaired) electrons. The standard InChI is InChI=1S/C12H15N3/c1-14(2)10-11-4-6-12(7-5-11)15-9-3-8-13-15/h3-9H,10H2,1-2H3. The Labute approximate surface area is 90.0 Å². The average molecular weight is 201 g/mol. The lowest BCUT2D eigenvalue weighted by molar-refractivity contribution is 0.402. The molecule has 1 heterocycles. The third-order valence-corrected chi connectivity index (χ3v) is 2.20. The van der Waals surface area contributed by atoms with Gasteiger partial charge in [0.15, 0.2) is 0 Å². The zero-order valence-corrected chi connectivity index (χ0v) is 9.09. The Morgan fingerprint density at radius 1 is 1.20 bits per heavy atom. The lowest BCUT2D eigenvalue weighted by Gasteiger charge is -2.09. The van der Waals surface area contributed by atoms with Gasteiger partial charge in [0.1, 0.15) is 0 Å². The zero-order valence-electron chi connectivity index (χ0n) is 9.09. The fourth-order valence-electron chi connectivity index (χ4n) is 1.54. The molecule has 0 atom stereocenters. The molecule has 0 fully saturated rings. The molecule has 1 aromatic heterocycles. The van der Waals surface area contributed by atoms with E-state index in [-0.39, 0.29) is 0 Å². The van der Waals surface area contributed by atoms with Gasteiger partial charge in [0.2, 0.25) is 0 Å². The molecule has 0 saturated carbocycles. The van der Waals surface area contributed by atoms with Crippen LogP contribution in [-0.2, 0) is 6.54 Å². The molecule has 78 valence electrons. The van der Waals surface area contributed by atoms with Crippen LogP contribution in [0.1, 0.15) is 5.56 Å². The summed E-state index contributed by atoms with van der Waals surface area (Å²) in [6.45, 7) is 0.972. The first-order valence-electron chi connectivity index (χ1n) is 4.99. The summed E-state index contributed by atoms with van der Waals surface area (Å²) >= 11 is 0. The molecule has 0 bridgehead atoms. The summed E-state index contributed by atoms with van der Waals surface area (Å²) in [5, 5.41) is 4.18. The van der Waals surface area contributed by atoms with Crippen LogP contribution in [-0.4, -0.2) is 28.8 Å². The Balaban J connectivity index is 2.17. The van der Waals surface area contributed by atoms with E-state index in [1.807, 2.05) is 16.9 Å². The van der Waals surface area contributed by atoms with E-state index in [0.717, 1.165) is 12.2 Å². The molecule has 2 rings (SSSR count). The second kappa shape index (κ2) is 4.28. The molecule has 3 nitrogen and oxygen atoms in total. The highest BCUT2D eigenvalue weighted by Gasteiger charge is 1.97. The van der Waals surface area contributed by atoms with E-state index in [1.54, 1.807) is 6.20 Å². The lowest BCUT2D eigenvalue weighted by Crippen LogP contribution is -2.10. The molecular weight excluding hydrogens is 186 g/mol. The third kappa shape index (κ3) is 2.44. The van der Waals surface area contributed by atoms with Gasteiger partial charge in [-0.05, 0) is 37.9 Å². The van der Waals surface area contributed by atoms with Crippen molar-refractivity contribution >= 4 is 0 Å². The molecule has 0 aliphatic carbocycles. The van der Waals surface area contributed by atoms with Crippen LogP contribution < -0.4 is 0 Å². The number of aromatic nitrogens is 2. The predicted molar refractivity (Wildman–Crippen MR) is 61.0 cm³/mol. The van der Waals surface area contributed by atoms with Crippen molar-refractivity contribution in [2.75, 3.05) is 14.1 Å². The van der Waals surface area contributed by atoms with Gasteiger partial charge >= 0.3 is 0 Å². The molecule has 0 saturated heterocycles. The quantitative estimate of drug-likeness (QED) is 0.756. The van der Waals surface area contributed by atoms with Crippen LogP contribution in [0.5, 0.6) is 0 Å². The molecule has 0 aliphatic heterocycles. The Bertz CT molecular complexity index is 401. The van der Waals surface area contributed by atoms with Crippen LogP contribution in [0.4, 0.5) is 0 Å². The Kier molecular flexibility index (Phi) is 2.83. The van der Waals surface area contributed by atoms with Gasteiger partial charge in [-0.15, -0.1) is 0 Å². The monoisotopic (exact) mass is 201 g/mol.